The van der Waals surface area contributed by atoms with Crippen molar-refractivity contribution in [3.8, 4) is 0 Å². The number of ether oxygens (including phenoxy) is 1. The third-order valence-electron chi connectivity index (χ3n) is 4.16. The molecule has 3 rings (SSSR count). The Hall–Kier alpha value is -1.39. The minimum atomic E-state index is 0.0354. The van der Waals surface area contributed by atoms with Crippen LogP contribution in [0.15, 0.2) is 30.3 Å². The summed E-state index contributed by atoms with van der Waals surface area (Å²) in [6, 6.07) is 10.6. The highest BCUT2D eigenvalue weighted by Crippen LogP contribution is 2.32. The van der Waals surface area contributed by atoms with Crippen LogP contribution in [0.4, 0.5) is 0 Å². The van der Waals surface area contributed by atoms with E-state index in [2.05, 4.69) is 17.4 Å². The summed E-state index contributed by atoms with van der Waals surface area (Å²) in [6.07, 6.45) is 2.69. The Bertz CT molecular complexity index is 443. The molecule has 4 nitrogen and oxygen atoms in total. The summed E-state index contributed by atoms with van der Waals surface area (Å²) in [5.74, 6) is 0.227. The molecule has 2 heterocycles. The zero-order chi connectivity index (χ0) is 13.8. The molecule has 0 radical (unpaired) electrons. The number of hydrogen-bond donors (Lipinski definition) is 1. The molecule has 0 aliphatic carbocycles. The molecule has 2 saturated heterocycles. The third-order valence-corrected chi connectivity index (χ3v) is 4.16. The van der Waals surface area contributed by atoms with E-state index in [4.69, 9.17) is 4.74 Å². The van der Waals surface area contributed by atoms with Crippen molar-refractivity contribution in [3.05, 3.63) is 35.9 Å². The first-order valence-electron chi connectivity index (χ1n) is 7.51. The number of morpholine rings is 1. The van der Waals surface area contributed by atoms with E-state index in [0.717, 1.165) is 32.5 Å². The van der Waals surface area contributed by atoms with Crippen molar-refractivity contribution in [2.24, 2.45) is 0 Å². The molecule has 0 unspecified atom stereocenters. The van der Waals surface area contributed by atoms with Crippen LogP contribution in [0.3, 0.4) is 0 Å². The van der Waals surface area contributed by atoms with E-state index in [0.29, 0.717) is 13.0 Å². The van der Waals surface area contributed by atoms with Crippen LogP contribution in [0.1, 0.15) is 30.9 Å². The monoisotopic (exact) mass is 274 g/mol. The third kappa shape index (κ3) is 3.02. The van der Waals surface area contributed by atoms with Gasteiger partial charge in [0.2, 0.25) is 5.91 Å². The lowest BCUT2D eigenvalue weighted by Gasteiger charge is -2.29. The highest BCUT2D eigenvalue weighted by Gasteiger charge is 2.31. The molecule has 0 aromatic heterocycles. The zero-order valence-corrected chi connectivity index (χ0v) is 11.8. The van der Waals surface area contributed by atoms with Crippen molar-refractivity contribution >= 4 is 5.91 Å². The van der Waals surface area contributed by atoms with Crippen molar-refractivity contribution in [1.29, 1.82) is 0 Å². The average molecular weight is 274 g/mol. The number of carbonyl (C=O) groups is 1. The van der Waals surface area contributed by atoms with Gasteiger partial charge in [0.15, 0.2) is 0 Å². The summed E-state index contributed by atoms with van der Waals surface area (Å²) in [7, 11) is 0. The number of benzene rings is 1. The minimum absolute atomic E-state index is 0.0354. The molecule has 1 N–H and O–H groups in total. The lowest BCUT2D eigenvalue weighted by Crippen LogP contribution is -2.42. The molecule has 2 fully saturated rings. The fourth-order valence-corrected chi connectivity index (χ4v) is 3.15. The van der Waals surface area contributed by atoms with Crippen molar-refractivity contribution in [3.63, 3.8) is 0 Å². The highest BCUT2D eigenvalue weighted by atomic mass is 16.5. The molecule has 1 amide bonds. The van der Waals surface area contributed by atoms with Crippen molar-refractivity contribution < 1.29 is 9.53 Å². The first-order chi connectivity index (χ1) is 9.84. The quantitative estimate of drug-likeness (QED) is 0.912. The fourth-order valence-electron chi connectivity index (χ4n) is 3.15. The largest absolute Gasteiger partial charge is 0.375 e. The van der Waals surface area contributed by atoms with Gasteiger partial charge in [0.1, 0.15) is 0 Å². The van der Waals surface area contributed by atoms with E-state index in [1.54, 1.807) is 0 Å². The molecule has 0 bridgehead atoms. The fraction of sp³-hybridized carbons (Fsp3) is 0.562. The molecule has 1 aromatic carbocycles. The Morgan fingerprint density at radius 2 is 2.20 bits per heavy atom. The van der Waals surface area contributed by atoms with Gasteiger partial charge in [-0.3, -0.25) is 4.79 Å². The van der Waals surface area contributed by atoms with Crippen molar-refractivity contribution in [2.45, 2.75) is 31.4 Å². The normalized spacial score (nSPS) is 26.7. The van der Waals surface area contributed by atoms with Crippen LogP contribution >= 0.6 is 0 Å². The summed E-state index contributed by atoms with van der Waals surface area (Å²) >= 11 is 0. The molecule has 0 saturated carbocycles. The van der Waals surface area contributed by atoms with Crippen LogP contribution < -0.4 is 5.32 Å². The molecular formula is C16H22N2O2. The second-order valence-corrected chi connectivity index (χ2v) is 5.56. The van der Waals surface area contributed by atoms with E-state index in [9.17, 15) is 4.79 Å². The van der Waals surface area contributed by atoms with Gasteiger partial charge in [0, 0.05) is 19.6 Å². The minimum Gasteiger partial charge on any atom is -0.375 e. The molecular weight excluding hydrogens is 252 g/mol. The van der Waals surface area contributed by atoms with Gasteiger partial charge in [-0.2, -0.15) is 0 Å². The SMILES string of the molecule is O=C(C[C@H]1CNCCO1)N1CCC[C@H]1c1ccccc1. The summed E-state index contributed by atoms with van der Waals surface area (Å²) in [4.78, 5) is 14.6. The number of amides is 1. The Morgan fingerprint density at radius 1 is 1.35 bits per heavy atom. The van der Waals surface area contributed by atoms with Gasteiger partial charge in [-0.25, -0.2) is 0 Å². The first kappa shape index (κ1) is 13.6. The van der Waals surface area contributed by atoms with Crippen molar-refractivity contribution in [1.82, 2.24) is 10.2 Å². The molecule has 1 aromatic rings. The zero-order valence-electron chi connectivity index (χ0n) is 11.8. The van der Waals surface area contributed by atoms with Gasteiger partial charge in [-0.1, -0.05) is 30.3 Å². The summed E-state index contributed by atoms with van der Waals surface area (Å²) < 4.78 is 5.64. The van der Waals surface area contributed by atoms with Gasteiger partial charge in [0.25, 0.3) is 0 Å². The van der Waals surface area contributed by atoms with Gasteiger partial charge in [0.05, 0.1) is 25.2 Å². The van der Waals surface area contributed by atoms with Gasteiger partial charge in [-0.15, -0.1) is 0 Å². The Kier molecular flexibility index (Phi) is 4.33. The Balaban J connectivity index is 1.64. The maximum absolute atomic E-state index is 12.5. The summed E-state index contributed by atoms with van der Waals surface area (Å²) in [5.41, 5.74) is 1.25. The molecule has 2 aliphatic heterocycles. The van der Waals surface area contributed by atoms with Crippen LogP contribution in [-0.2, 0) is 9.53 Å². The van der Waals surface area contributed by atoms with E-state index in [-0.39, 0.29) is 18.1 Å². The van der Waals surface area contributed by atoms with Gasteiger partial charge < -0.3 is 15.0 Å². The molecule has 108 valence electrons. The van der Waals surface area contributed by atoms with Crippen LogP contribution in [0.2, 0.25) is 0 Å². The molecule has 4 heteroatoms. The Morgan fingerprint density at radius 3 is 2.95 bits per heavy atom. The number of carbonyl (C=O) groups excluding carboxylic acids is 1. The standard InChI is InChI=1S/C16H22N2O2/c19-16(11-14-12-17-8-10-20-14)18-9-4-7-15(18)13-5-2-1-3-6-13/h1-3,5-6,14-15,17H,4,7-12H2/t14-,15-/m0/s1. The summed E-state index contributed by atoms with van der Waals surface area (Å²) in [6.45, 7) is 3.26. The predicted octanol–water partition coefficient (Wildman–Crippen LogP) is 1.73. The van der Waals surface area contributed by atoms with Crippen LogP contribution in [-0.4, -0.2) is 43.2 Å². The number of rotatable bonds is 3. The smallest absolute Gasteiger partial charge is 0.225 e. The average Bonchev–Trinajstić information content (AvgIpc) is 2.99. The van der Waals surface area contributed by atoms with E-state index >= 15 is 0 Å². The Labute approximate surface area is 120 Å². The van der Waals surface area contributed by atoms with Crippen LogP contribution in [0, 0.1) is 0 Å². The lowest BCUT2D eigenvalue weighted by atomic mass is 10.0. The topological polar surface area (TPSA) is 41.6 Å². The second-order valence-electron chi connectivity index (χ2n) is 5.56. The van der Waals surface area contributed by atoms with E-state index in [1.165, 1.54) is 5.56 Å². The number of nitrogens with one attached hydrogen (secondary N) is 1. The number of hydrogen-bond acceptors (Lipinski definition) is 3. The first-order valence-corrected chi connectivity index (χ1v) is 7.51. The predicted molar refractivity (Wildman–Crippen MR) is 77.4 cm³/mol. The maximum atomic E-state index is 12.5. The second kappa shape index (κ2) is 6.37. The summed E-state index contributed by atoms with van der Waals surface area (Å²) in [5, 5.41) is 3.28. The van der Waals surface area contributed by atoms with E-state index in [1.807, 2.05) is 23.1 Å². The highest BCUT2D eigenvalue weighted by molar-refractivity contribution is 5.77. The lowest BCUT2D eigenvalue weighted by molar-refractivity contribution is -0.135. The van der Waals surface area contributed by atoms with Crippen molar-refractivity contribution in [2.75, 3.05) is 26.2 Å². The van der Waals surface area contributed by atoms with E-state index < -0.39 is 0 Å². The number of likely N-dealkylation sites (tertiary alicyclic amines) is 1. The number of nitrogens with zero attached hydrogens (tertiary/aromatic N) is 1. The molecule has 2 atom stereocenters. The maximum Gasteiger partial charge on any atom is 0.225 e. The van der Waals surface area contributed by atoms with Gasteiger partial charge in [-0.05, 0) is 18.4 Å². The molecule has 20 heavy (non-hydrogen) atoms. The molecule has 0 spiro atoms. The van der Waals surface area contributed by atoms with Crippen LogP contribution in [0.5, 0.6) is 0 Å². The van der Waals surface area contributed by atoms with Gasteiger partial charge >= 0.3 is 0 Å². The molecule has 2 aliphatic rings. The van der Waals surface area contributed by atoms with Crippen LogP contribution in [0.25, 0.3) is 0 Å².